The third-order valence-corrected chi connectivity index (χ3v) is 0.587. The highest BCUT2D eigenvalue weighted by Gasteiger charge is 2.28. The van der Waals surface area contributed by atoms with Crippen LogP contribution in [0.5, 0.6) is 0 Å². The second kappa shape index (κ2) is 2.58. The van der Waals surface area contributed by atoms with Crippen LogP contribution in [-0.2, 0) is 0 Å². The summed E-state index contributed by atoms with van der Waals surface area (Å²) in [6, 6.07) is 0. The van der Waals surface area contributed by atoms with Crippen molar-refractivity contribution in [2.45, 2.75) is 6.18 Å². The van der Waals surface area contributed by atoms with E-state index in [1.807, 2.05) is 0 Å². The van der Waals surface area contributed by atoms with Crippen molar-refractivity contribution in [3.63, 3.8) is 0 Å². The highest BCUT2D eigenvalue weighted by molar-refractivity contribution is 4.71. The van der Waals surface area contributed by atoms with Crippen molar-refractivity contribution < 1.29 is 13.2 Å². The summed E-state index contributed by atoms with van der Waals surface area (Å²) in [4.78, 5) is 0.514. The molecular formula is C4H5F3N2. The van der Waals surface area contributed by atoms with E-state index in [0.29, 0.717) is 4.90 Å². The molecule has 0 aliphatic heterocycles. The van der Waals surface area contributed by atoms with Crippen molar-refractivity contribution in [1.82, 2.24) is 4.90 Å². The molecule has 0 aliphatic rings. The number of nitriles is 1. The highest BCUT2D eigenvalue weighted by atomic mass is 19.4. The van der Waals surface area contributed by atoms with Crippen molar-refractivity contribution >= 4 is 0 Å². The minimum Gasteiger partial charge on any atom is -0.305 e. The van der Waals surface area contributed by atoms with Gasteiger partial charge in [-0.05, 0) is 0 Å². The first-order valence-corrected chi connectivity index (χ1v) is 2.13. The van der Waals surface area contributed by atoms with E-state index in [-0.39, 0.29) is 0 Å². The molecule has 0 bridgehead atoms. The molecule has 0 rings (SSSR count). The van der Waals surface area contributed by atoms with E-state index in [1.165, 1.54) is 6.19 Å². The Morgan fingerprint density at radius 3 is 2.11 bits per heavy atom. The smallest absolute Gasteiger partial charge is 0.305 e. The quantitative estimate of drug-likeness (QED) is 0.398. The van der Waals surface area contributed by atoms with Crippen LogP contribution in [0, 0.1) is 11.5 Å². The molecule has 0 unspecified atom stereocenters. The van der Waals surface area contributed by atoms with Gasteiger partial charge in [0.15, 0.2) is 6.19 Å². The molecule has 0 heterocycles. The molecule has 0 atom stereocenters. The van der Waals surface area contributed by atoms with Gasteiger partial charge in [0.05, 0.1) is 0 Å². The van der Waals surface area contributed by atoms with Crippen LogP contribution in [0.4, 0.5) is 13.2 Å². The van der Waals surface area contributed by atoms with Crippen molar-refractivity contribution in [3.8, 4) is 6.19 Å². The molecule has 0 amide bonds. The Hall–Kier alpha value is -0.920. The van der Waals surface area contributed by atoms with Gasteiger partial charge in [0, 0.05) is 7.05 Å². The number of nitrogens with zero attached hydrogens (tertiary/aromatic N) is 2. The Morgan fingerprint density at radius 2 is 2.00 bits per heavy atom. The van der Waals surface area contributed by atoms with E-state index in [1.54, 1.807) is 0 Å². The van der Waals surface area contributed by atoms with E-state index < -0.39 is 12.7 Å². The number of alkyl halides is 3. The fourth-order valence-corrected chi connectivity index (χ4v) is 0.304. The first-order chi connectivity index (χ1) is 3.95. The average molecular weight is 138 g/mol. The Kier molecular flexibility index (Phi) is 2.31. The lowest BCUT2D eigenvalue weighted by Crippen LogP contribution is -2.27. The molecule has 0 fully saturated rings. The third-order valence-electron chi connectivity index (χ3n) is 0.587. The third kappa shape index (κ3) is 4.94. The highest BCUT2D eigenvalue weighted by Crippen LogP contribution is 2.14. The molecule has 0 spiro atoms. The number of halogens is 3. The lowest BCUT2D eigenvalue weighted by Gasteiger charge is -2.10. The minimum atomic E-state index is -4.27. The zero-order valence-corrected chi connectivity index (χ0v) is 4.74. The Labute approximate surface area is 50.5 Å². The molecule has 5 heteroatoms. The molecule has 0 aromatic rings. The van der Waals surface area contributed by atoms with Gasteiger partial charge in [0.25, 0.3) is 0 Å². The van der Waals surface area contributed by atoms with Gasteiger partial charge in [0.2, 0.25) is 0 Å². The molecule has 0 radical (unpaired) electrons. The molecule has 0 N–H and O–H groups in total. The van der Waals surface area contributed by atoms with Crippen LogP contribution in [-0.4, -0.2) is 24.7 Å². The summed E-state index contributed by atoms with van der Waals surface area (Å²) in [6.45, 7) is -1.18. The summed E-state index contributed by atoms with van der Waals surface area (Å²) >= 11 is 0. The van der Waals surface area contributed by atoms with E-state index in [4.69, 9.17) is 5.26 Å². The van der Waals surface area contributed by atoms with Crippen molar-refractivity contribution in [1.29, 1.82) is 5.26 Å². The maximum absolute atomic E-state index is 11.3. The number of hydrogen-bond acceptors (Lipinski definition) is 2. The zero-order chi connectivity index (χ0) is 7.49. The van der Waals surface area contributed by atoms with Crippen LogP contribution in [0.1, 0.15) is 0 Å². The topological polar surface area (TPSA) is 27.0 Å². The molecule has 9 heavy (non-hydrogen) atoms. The number of hydrogen-bond donors (Lipinski definition) is 0. The fraction of sp³-hybridized carbons (Fsp3) is 0.750. The van der Waals surface area contributed by atoms with E-state index in [9.17, 15) is 13.2 Å². The molecule has 0 aromatic heterocycles. The first-order valence-electron chi connectivity index (χ1n) is 2.13. The van der Waals surface area contributed by atoms with E-state index in [2.05, 4.69) is 0 Å². The Morgan fingerprint density at radius 1 is 1.56 bits per heavy atom. The largest absolute Gasteiger partial charge is 0.406 e. The van der Waals surface area contributed by atoms with Gasteiger partial charge < -0.3 is 4.90 Å². The van der Waals surface area contributed by atoms with Crippen molar-refractivity contribution in [2.75, 3.05) is 13.6 Å². The second-order valence-electron chi connectivity index (χ2n) is 1.57. The standard InChI is InChI=1S/C4H5F3N2/c1-9(3-8)2-4(5,6)7/h2H2,1H3. The summed E-state index contributed by atoms with van der Waals surface area (Å²) in [5.74, 6) is 0. The van der Waals surface area contributed by atoms with Gasteiger partial charge >= 0.3 is 6.18 Å². The maximum atomic E-state index is 11.3. The van der Waals surface area contributed by atoms with Crippen molar-refractivity contribution in [3.05, 3.63) is 0 Å². The van der Waals surface area contributed by atoms with Gasteiger partial charge in [-0.3, -0.25) is 0 Å². The second-order valence-corrected chi connectivity index (χ2v) is 1.57. The lowest BCUT2D eigenvalue weighted by molar-refractivity contribution is -0.137. The van der Waals surface area contributed by atoms with Gasteiger partial charge in [0.1, 0.15) is 6.54 Å². The molecule has 0 saturated carbocycles. The molecule has 2 nitrogen and oxygen atoms in total. The summed E-state index contributed by atoms with van der Waals surface area (Å²) in [5.41, 5.74) is 0. The number of rotatable bonds is 1. The van der Waals surface area contributed by atoms with Crippen LogP contribution in [0.25, 0.3) is 0 Å². The van der Waals surface area contributed by atoms with Gasteiger partial charge in [-0.2, -0.15) is 18.4 Å². The van der Waals surface area contributed by atoms with E-state index >= 15 is 0 Å². The first kappa shape index (κ1) is 8.08. The minimum absolute atomic E-state index is 0.514. The maximum Gasteiger partial charge on any atom is 0.406 e. The monoisotopic (exact) mass is 138 g/mol. The molecule has 52 valence electrons. The van der Waals surface area contributed by atoms with E-state index in [0.717, 1.165) is 7.05 Å². The van der Waals surface area contributed by atoms with Crippen LogP contribution >= 0.6 is 0 Å². The fourth-order valence-electron chi connectivity index (χ4n) is 0.304. The van der Waals surface area contributed by atoms with Gasteiger partial charge in [-0.25, -0.2) is 0 Å². The summed E-state index contributed by atoms with van der Waals surface area (Å²) in [6.07, 6.45) is -2.94. The zero-order valence-electron chi connectivity index (χ0n) is 4.74. The predicted molar refractivity (Wildman–Crippen MR) is 24.3 cm³/mol. The predicted octanol–water partition coefficient (Wildman–Crippen LogP) is 0.962. The van der Waals surface area contributed by atoms with Crippen LogP contribution < -0.4 is 0 Å². The van der Waals surface area contributed by atoms with Crippen LogP contribution in [0.2, 0.25) is 0 Å². The average Bonchev–Trinajstić information content (AvgIpc) is 1.62. The summed E-state index contributed by atoms with van der Waals surface area (Å²) < 4.78 is 33.9. The lowest BCUT2D eigenvalue weighted by atomic mass is 10.6. The SMILES string of the molecule is CN(C#N)CC(F)(F)F. The van der Waals surface area contributed by atoms with Crippen LogP contribution in [0.15, 0.2) is 0 Å². The molecule has 0 saturated heterocycles. The Balaban J connectivity index is 3.63. The molecule has 0 aromatic carbocycles. The van der Waals surface area contributed by atoms with Gasteiger partial charge in [-0.1, -0.05) is 0 Å². The summed E-state index contributed by atoms with van der Waals surface area (Å²) in [7, 11) is 1.08. The summed E-state index contributed by atoms with van der Waals surface area (Å²) in [5, 5.41) is 7.87. The molecule has 0 aliphatic carbocycles. The molecular weight excluding hydrogens is 133 g/mol. The Bertz CT molecular complexity index is 123. The normalized spacial score (nSPS) is 10.6. The van der Waals surface area contributed by atoms with Crippen LogP contribution in [0.3, 0.4) is 0 Å². The van der Waals surface area contributed by atoms with Gasteiger partial charge in [-0.15, -0.1) is 0 Å². The van der Waals surface area contributed by atoms with Crippen molar-refractivity contribution in [2.24, 2.45) is 0 Å².